The second-order valence-corrected chi connectivity index (χ2v) is 9.36. The number of sulfone groups is 1. The molecule has 27 heavy (non-hydrogen) atoms. The SMILES string of the molecule is CCS(=O)(=O)c1ccc(O)c(N=CC=C2N(C)c3ccccc3C2(C)C)c1. The van der Waals surface area contributed by atoms with E-state index in [0.717, 1.165) is 11.4 Å². The molecule has 0 atom stereocenters. The lowest BCUT2D eigenvalue weighted by atomic mass is 9.84. The van der Waals surface area contributed by atoms with E-state index in [2.05, 4.69) is 35.9 Å². The number of aliphatic imine (C=N–C) groups is 1. The van der Waals surface area contributed by atoms with E-state index < -0.39 is 9.84 Å². The molecule has 0 amide bonds. The van der Waals surface area contributed by atoms with Crippen LogP contribution in [0.4, 0.5) is 11.4 Å². The van der Waals surface area contributed by atoms with Crippen molar-refractivity contribution in [2.24, 2.45) is 4.99 Å². The fraction of sp³-hybridized carbons (Fsp3) is 0.286. The number of hydrogen-bond donors (Lipinski definition) is 1. The molecular weight excluding hydrogens is 360 g/mol. The monoisotopic (exact) mass is 384 g/mol. The minimum Gasteiger partial charge on any atom is -0.506 e. The summed E-state index contributed by atoms with van der Waals surface area (Å²) in [7, 11) is -1.34. The summed E-state index contributed by atoms with van der Waals surface area (Å²) in [5.74, 6) is -0.0515. The smallest absolute Gasteiger partial charge is 0.178 e. The highest BCUT2D eigenvalue weighted by molar-refractivity contribution is 7.91. The Kier molecular flexibility index (Phi) is 4.86. The number of allylic oxidation sites excluding steroid dienone is 2. The van der Waals surface area contributed by atoms with Crippen LogP contribution in [0.1, 0.15) is 26.3 Å². The van der Waals surface area contributed by atoms with Gasteiger partial charge in [0.15, 0.2) is 9.84 Å². The van der Waals surface area contributed by atoms with Crippen LogP contribution in [-0.2, 0) is 15.3 Å². The first-order chi connectivity index (χ1) is 12.7. The lowest BCUT2D eigenvalue weighted by Gasteiger charge is -2.23. The van der Waals surface area contributed by atoms with Crippen LogP contribution in [0.3, 0.4) is 0 Å². The van der Waals surface area contributed by atoms with Gasteiger partial charge in [-0.1, -0.05) is 39.0 Å². The first kappa shape index (κ1) is 19.2. The summed E-state index contributed by atoms with van der Waals surface area (Å²) in [5.41, 5.74) is 3.53. The number of phenolic OH excluding ortho intramolecular Hbond substituents is 1. The molecule has 1 heterocycles. The summed E-state index contributed by atoms with van der Waals surface area (Å²) >= 11 is 0. The van der Waals surface area contributed by atoms with Gasteiger partial charge in [0, 0.05) is 30.1 Å². The lowest BCUT2D eigenvalue weighted by Crippen LogP contribution is -2.23. The highest BCUT2D eigenvalue weighted by atomic mass is 32.2. The molecule has 5 nitrogen and oxygen atoms in total. The van der Waals surface area contributed by atoms with Crippen LogP contribution in [0.15, 0.2) is 64.1 Å². The van der Waals surface area contributed by atoms with Crippen molar-refractivity contribution in [1.29, 1.82) is 0 Å². The van der Waals surface area contributed by atoms with E-state index >= 15 is 0 Å². The van der Waals surface area contributed by atoms with E-state index in [1.165, 1.54) is 23.8 Å². The van der Waals surface area contributed by atoms with Crippen molar-refractivity contribution in [3.63, 3.8) is 0 Å². The standard InChI is InChI=1S/C21H24N2O3S/c1-5-27(25,26)15-10-11-19(24)17(14-15)22-13-12-20-21(2,3)16-8-6-7-9-18(16)23(20)4/h6-14,24H,5H2,1-4H3. The van der Waals surface area contributed by atoms with Crippen LogP contribution in [0.2, 0.25) is 0 Å². The molecule has 3 rings (SSSR count). The third-order valence-electron chi connectivity index (χ3n) is 5.07. The number of fused-ring (bicyclic) bond motifs is 1. The second kappa shape index (κ2) is 6.85. The summed E-state index contributed by atoms with van der Waals surface area (Å²) in [6.07, 6.45) is 3.51. The summed E-state index contributed by atoms with van der Waals surface area (Å²) in [6, 6.07) is 12.4. The number of anilines is 1. The van der Waals surface area contributed by atoms with Crippen LogP contribution >= 0.6 is 0 Å². The molecule has 0 unspecified atom stereocenters. The topological polar surface area (TPSA) is 70.0 Å². The normalized spacial score (nSPS) is 17.6. The summed E-state index contributed by atoms with van der Waals surface area (Å²) in [5, 5.41) is 10.0. The number of aromatic hydroxyl groups is 1. The molecule has 1 aliphatic heterocycles. The molecule has 6 heteroatoms. The quantitative estimate of drug-likeness (QED) is 0.802. The van der Waals surface area contributed by atoms with Crippen molar-refractivity contribution in [1.82, 2.24) is 0 Å². The predicted octanol–water partition coefficient (Wildman–Crippen LogP) is 4.20. The molecule has 0 bridgehead atoms. The molecule has 142 valence electrons. The number of nitrogens with zero attached hydrogens (tertiary/aromatic N) is 2. The number of likely N-dealkylation sites (N-methyl/N-ethyl adjacent to an activating group) is 1. The molecule has 0 fully saturated rings. The van der Waals surface area contributed by atoms with Crippen LogP contribution in [-0.4, -0.2) is 32.5 Å². The Balaban J connectivity index is 1.95. The van der Waals surface area contributed by atoms with Crippen molar-refractivity contribution >= 4 is 27.4 Å². The number of rotatable bonds is 4. The van der Waals surface area contributed by atoms with Crippen LogP contribution in [0.25, 0.3) is 0 Å². The van der Waals surface area contributed by atoms with E-state index in [4.69, 9.17) is 0 Å². The van der Waals surface area contributed by atoms with Gasteiger partial charge < -0.3 is 10.0 Å². The highest BCUT2D eigenvalue weighted by Gasteiger charge is 2.37. The van der Waals surface area contributed by atoms with Crippen LogP contribution < -0.4 is 4.90 Å². The average molecular weight is 385 g/mol. The predicted molar refractivity (Wildman–Crippen MR) is 110 cm³/mol. The molecule has 0 aromatic heterocycles. The van der Waals surface area contributed by atoms with E-state index in [9.17, 15) is 13.5 Å². The van der Waals surface area contributed by atoms with E-state index in [1.807, 2.05) is 25.3 Å². The highest BCUT2D eigenvalue weighted by Crippen LogP contribution is 2.46. The van der Waals surface area contributed by atoms with Crippen molar-refractivity contribution in [3.8, 4) is 5.75 Å². The number of hydrogen-bond acceptors (Lipinski definition) is 5. The van der Waals surface area contributed by atoms with Gasteiger partial charge in [-0.2, -0.15) is 0 Å². The second-order valence-electron chi connectivity index (χ2n) is 7.09. The molecule has 0 radical (unpaired) electrons. The molecule has 0 aliphatic carbocycles. The summed E-state index contributed by atoms with van der Waals surface area (Å²) < 4.78 is 24.1. The van der Waals surface area contributed by atoms with Gasteiger partial charge in [0.05, 0.1) is 10.6 Å². The first-order valence-corrected chi connectivity index (χ1v) is 10.5. The Morgan fingerprint density at radius 3 is 2.56 bits per heavy atom. The summed E-state index contributed by atoms with van der Waals surface area (Å²) in [4.78, 5) is 6.58. The Hall–Kier alpha value is -2.60. The molecule has 2 aromatic carbocycles. The van der Waals surface area contributed by atoms with E-state index in [-0.39, 0.29) is 27.5 Å². The van der Waals surface area contributed by atoms with Gasteiger partial charge in [-0.3, -0.25) is 4.99 Å². The van der Waals surface area contributed by atoms with Gasteiger partial charge in [0.2, 0.25) is 0 Å². The van der Waals surface area contributed by atoms with Gasteiger partial charge >= 0.3 is 0 Å². The summed E-state index contributed by atoms with van der Waals surface area (Å²) in [6.45, 7) is 5.90. The van der Waals surface area contributed by atoms with Gasteiger partial charge in [-0.05, 0) is 35.9 Å². The van der Waals surface area contributed by atoms with E-state index in [0.29, 0.717) is 0 Å². The zero-order valence-electron chi connectivity index (χ0n) is 16.0. The maximum Gasteiger partial charge on any atom is 0.178 e. The van der Waals surface area contributed by atoms with Gasteiger partial charge in [-0.15, -0.1) is 0 Å². The zero-order chi connectivity index (χ0) is 19.8. The third kappa shape index (κ3) is 3.37. The lowest BCUT2D eigenvalue weighted by molar-refractivity contribution is 0.476. The van der Waals surface area contributed by atoms with Gasteiger partial charge in [0.1, 0.15) is 11.4 Å². The first-order valence-electron chi connectivity index (χ1n) is 8.82. The maximum atomic E-state index is 12.0. The fourth-order valence-corrected chi connectivity index (χ4v) is 4.36. The maximum absolute atomic E-state index is 12.0. The molecular formula is C21H24N2O3S. The molecule has 0 spiro atoms. The molecule has 2 aromatic rings. The van der Waals surface area contributed by atoms with E-state index in [1.54, 1.807) is 13.1 Å². The Bertz CT molecular complexity index is 1040. The minimum atomic E-state index is -3.35. The number of phenols is 1. The minimum absolute atomic E-state index is 0.00221. The number of benzene rings is 2. The molecule has 1 aliphatic rings. The Labute approximate surface area is 160 Å². The van der Waals surface area contributed by atoms with Crippen molar-refractivity contribution < 1.29 is 13.5 Å². The Morgan fingerprint density at radius 2 is 1.89 bits per heavy atom. The largest absolute Gasteiger partial charge is 0.506 e. The van der Waals surface area contributed by atoms with Crippen molar-refractivity contribution in [2.75, 3.05) is 17.7 Å². The number of para-hydroxylation sites is 1. The zero-order valence-corrected chi connectivity index (χ0v) is 16.8. The van der Waals surface area contributed by atoms with Gasteiger partial charge in [0.25, 0.3) is 0 Å². The van der Waals surface area contributed by atoms with Crippen molar-refractivity contribution in [2.45, 2.75) is 31.1 Å². The Morgan fingerprint density at radius 1 is 1.19 bits per heavy atom. The molecule has 1 N–H and O–H groups in total. The van der Waals surface area contributed by atoms with Crippen molar-refractivity contribution in [3.05, 3.63) is 59.8 Å². The van der Waals surface area contributed by atoms with Crippen LogP contribution in [0.5, 0.6) is 5.75 Å². The fourth-order valence-electron chi connectivity index (χ4n) is 3.46. The third-order valence-corrected chi connectivity index (χ3v) is 6.80. The average Bonchev–Trinajstić information content (AvgIpc) is 2.84. The van der Waals surface area contributed by atoms with Gasteiger partial charge in [-0.25, -0.2) is 8.42 Å². The molecule has 0 saturated heterocycles. The van der Waals surface area contributed by atoms with Crippen LogP contribution in [0, 0.1) is 0 Å². The molecule has 0 saturated carbocycles.